The van der Waals surface area contributed by atoms with Gasteiger partial charge in [-0.2, -0.15) is 0 Å². The molecule has 1 saturated heterocycles. The van der Waals surface area contributed by atoms with E-state index in [9.17, 15) is 4.79 Å². The zero-order valence-corrected chi connectivity index (χ0v) is 12.0. The number of amides is 1. The fourth-order valence-electron chi connectivity index (χ4n) is 2.55. The number of carbonyl (C=O) groups is 1. The highest BCUT2D eigenvalue weighted by atomic mass is 16.2. The average Bonchev–Trinajstić information content (AvgIpc) is 2.38. The molecule has 1 aromatic carbocycles. The zero-order chi connectivity index (χ0) is 13.8. The van der Waals surface area contributed by atoms with Crippen molar-refractivity contribution in [3.8, 4) is 0 Å². The van der Waals surface area contributed by atoms with E-state index in [2.05, 4.69) is 17.3 Å². The van der Waals surface area contributed by atoms with E-state index in [4.69, 9.17) is 0 Å². The van der Waals surface area contributed by atoms with Gasteiger partial charge < -0.3 is 15.1 Å². The van der Waals surface area contributed by atoms with Gasteiger partial charge in [0, 0.05) is 44.8 Å². The van der Waals surface area contributed by atoms with Gasteiger partial charge in [-0.1, -0.05) is 18.2 Å². The molecule has 104 valence electrons. The van der Waals surface area contributed by atoms with Crippen molar-refractivity contribution in [1.29, 1.82) is 0 Å². The maximum atomic E-state index is 12.4. The molecule has 0 aromatic heterocycles. The van der Waals surface area contributed by atoms with Crippen LogP contribution in [0, 0.1) is 6.92 Å². The van der Waals surface area contributed by atoms with E-state index in [0.29, 0.717) is 6.04 Å². The number of aryl methyl sites for hydroxylation is 1. The van der Waals surface area contributed by atoms with Crippen LogP contribution >= 0.6 is 0 Å². The molecule has 2 rings (SSSR count). The topological polar surface area (TPSA) is 35.6 Å². The van der Waals surface area contributed by atoms with Crippen molar-refractivity contribution in [2.45, 2.75) is 13.0 Å². The highest BCUT2D eigenvalue weighted by Gasteiger charge is 2.21. The molecule has 1 N–H and O–H groups in total. The lowest BCUT2D eigenvalue weighted by molar-refractivity contribution is 0.0763. The van der Waals surface area contributed by atoms with E-state index in [1.807, 2.05) is 43.1 Å². The molecular weight excluding hydrogens is 238 g/mol. The first-order valence-electron chi connectivity index (χ1n) is 6.81. The van der Waals surface area contributed by atoms with Crippen LogP contribution in [-0.2, 0) is 0 Å². The van der Waals surface area contributed by atoms with E-state index in [1.165, 1.54) is 0 Å². The second-order valence-corrected chi connectivity index (χ2v) is 5.41. The van der Waals surface area contributed by atoms with Crippen LogP contribution in [0.3, 0.4) is 0 Å². The van der Waals surface area contributed by atoms with Gasteiger partial charge in [0.05, 0.1) is 0 Å². The smallest absolute Gasteiger partial charge is 0.253 e. The number of hydrogen-bond donors (Lipinski definition) is 1. The molecule has 4 nitrogen and oxygen atoms in total. The summed E-state index contributed by atoms with van der Waals surface area (Å²) in [6.45, 7) is 5.79. The predicted molar refractivity (Wildman–Crippen MR) is 77.4 cm³/mol. The van der Waals surface area contributed by atoms with Crippen molar-refractivity contribution in [3.63, 3.8) is 0 Å². The molecule has 1 aliphatic heterocycles. The summed E-state index contributed by atoms with van der Waals surface area (Å²) in [4.78, 5) is 16.5. The lowest BCUT2D eigenvalue weighted by Gasteiger charge is -2.33. The van der Waals surface area contributed by atoms with Crippen LogP contribution < -0.4 is 5.32 Å². The van der Waals surface area contributed by atoms with Crippen molar-refractivity contribution in [2.24, 2.45) is 0 Å². The van der Waals surface area contributed by atoms with E-state index in [1.54, 1.807) is 0 Å². The van der Waals surface area contributed by atoms with Crippen LogP contribution in [0.15, 0.2) is 24.3 Å². The van der Waals surface area contributed by atoms with Crippen molar-refractivity contribution in [1.82, 2.24) is 15.1 Å². The van der Waals surface area contributed by atoms with Crippen LogP contribution in [0.5, 0.6) is 0 Å². The van der Waals surface area contributed by atoms with Crippen molar-refractivity contribution < 1.29 is 4.79 Å². The van der Waals surface area contributed by atoms with Gasteiger partial charge in [-0.05, 0) is 25.6 Å². The van der Waals surface area contributed by atoms with E-state index < -0.39 is 0 Å². The van der Waals surface area contributed by atoms with Gasteiger partial charge in [0.2, 0.25) is 0 Å². The number of piperazine rings is 1. The van der Waals surface area contributed by atoms with Gasteiger partial charge >= 0.3 is 0 Å². The third-order valence-electron chi connectivity index (χ3n) is 3.68. The van der Waals surface area contributed by atoms with Gasteiger partial charge in [0.25, 0.3) is 5.91 Å². The molecule has 1 aliphatic rings. The Morgan fingerprint density at radius 2 is 2.21 bits per heavy atom. The number of likely N-dealkylation sites (N-methyl/N-ethyl adjacent to an activating group) is 2. The normalized spacial score (nSPS) is 20.3. The number of nitrogens with zero attached hydrogens (tertiary/aromatic N) is 2. The molecule has 1 amide bonds. The summed E-state index contributed by atoms with van der Waals surface area (Å²) in [6.07, 6.45) is 0. The number of hydrogen-bond acceptors (Lipinski definition) is 3. The minimum absolute atomic E-state index is 0.105. The Morgan fingerprint density at radius 1 is 1.47 bits per heavy atom. The van der Waals surface area contributed by atoms with E-state index >= 15 is 0 Å². The highest BCUT2D eigenvalue weighted by Crippen LogP contribution is 2.10. The molecule has 0 spiro atoms. The maximum Gasteiger partial charge on any atom is 0.253 e. The molecule has 1 aromatic rings. The Bertz CT molecular complexity index is 447. The Hall–Kier alpha value is -1.39. The van der Waals surface area contributed by atoms with Crippen LogP contribution in [0.4, 0.5) is 0 Å². The summed E-state index contributed by atoms with van der Waals surface area (Å²) in [6, 6.07) is 8.11. The van der Waals surface area contributed by atoms with Gasteiger partial charge in [0.1, 0.15) is 0 Å². The van der Waals surface area contributed by atoms with Gasteiger partial charge in [0.15, 0.2) is 0 Å². The summed E-state index contributed by atoms with van der Waals surface area (Å²) >= 11 is 0. The second-order valence-electron chi connectivity index (χ2n) is 5.41. The molecular formula is C15H23N3O. The number of nitrogens with one attached hydrogen (secondary N) is 1. The van der Waals surface area contributed by atoms with Crippen molar-refractivity contribution in [2.75, 3.05) is 40.3 Å². The first-order valence-corrected chi connectivity index (χ1v) is 6.81. The Labute approximate surface area is 115 Å². The van der Waals surface area contributed by atoms with E-state index in [0.717, 1.165) is 37.3 Å². The molecule has 0 bridgehead atoms. The summed E-state index contributed by atoms with van der Waals surface area (Å²) < 4.78 is 0. The standard InChI is InChI=1S/C15H23N3O/c1-12-6-4-5-7-14(12)15(19)18(3)11-13-10-17(2)9-8-16-13/h4-7,13,16H,8-11H2,1-3H3. The van der Waals surface area contributed by atoms with Crippen molar-refractivity contribution in [3.05, 3.63) is 35.4 Å². The summed E-state index contributed by atoms with van der Waals surface area (Å²) in [5.74, 6) is 0.105. The van der Waals surface area contributed by atoms with Gasteiger partial charge in [-0.25, -0.2) is 0 Å². The quantitative estimate of drug-likeness (QED) is 0.881. The minimum atomic E-state index is 0.105. The second kappa shape index (κ2) is 6.17. The monoisotopic (exact) mass is 261 g/mol. The number of carbonyl (C=O) groups excluding carboxylic acids is 1. The highest BCUT2D eigenvalue weighted by molar-refractivity contribution is 5.95. The third-order valence-corrected chi connectivity index (χ3v) is 3.68. The molecule has 0 saturated carbocycles. The first-order chi connectivity index (χ1) is 9.08. The Morgan fingerprint density at radius 3 is 2.89 bits per heavy atom. The van der Waals surface area contributed by atoms with Crippen molar-refractivity contribution >= 4 is 5.91 Å². The molecule has 1 unspecified atom stereocenters. The van der Waals surface area contributed by atoms with E-state index in [-0.39, 0.29) is 5.91 Å². The third kappa shape index (κ3) is 3.55. The van der Waals surface area contributed by atoms with Crippen LogP contribution in [0.1, 0.15) is 15.9 Å². The zero-order valence-electron chi connectivity index (χ0n) is 12.0. The molecule has 0 radical (unpaired) electrons. The fourth-order valence-corrected chi connectivity index (χ4v) is 2.55. The van der Waals surface area contributed by atoms with Gasteiger partial charge in [-0.15, -0.1) is 0 Å². The van der Waals surface area contributed by atoms with Gasteiger partial charge in [-0.3, -0.25) is 4.79 Å². The molecule has 0 aliphatic carbocycles. The minimum Gasteiger partial charge on any atom is -0.340 e. The molecule has 1 atom stereocenters. The fraction of sp³-hybridized carbons (Fsp3) is 0.533. The summed E-state index contributed by atoms with van der Waals surface area (Å²) in [7, 11) is 4.00. The molecule has 4 heteroatoms. The first kappa shape index (κ1) is 14.0. The maximum absolute atomic E-state index is 12.4. The van der Waals surface area contributed by atoms with Crippen LogP contribution in [-0.4, -0.2) is 62.0 Å². The molecule has 1 heterocycles. The van der Waals surface area contributed by atoms with Crippen LogP contribution in [0.2, 0.25) is 0 Å². The average molecular weight is 261 g/mol. The summed E-state index contributed by atoms with van der Waals surface area (Å²) in [5, 5.41) is 3.47. The largest absolute Gasteiger partial charge is 0.340 e. The molecule has 1 fully saturated rings. The Kier molecular flexibility index (Phi) is 4.56. The van der Waals surface area contributed by atoms with Crippen LogP contribution in [0.25, 0.3) is 0 Å². The summed E-state index contributed by atoms with van der Waals surface area (Å²) in [5.41, 5.74) is 1.84. The lowest BCUT2D eigenvalue weighted by atomic mass is 10.1. The Balaban J connectivity index is 1.98. The lowest BCUT2D eigenvalue weighted by Crippen LogP contribution is -2.54. The molecule has 19 heavy (non-hydrogen) atoms. The SMILES string of the molecule is Cc1ccccc1C(=O)N(C)CC1CN(C)CCN1. The predicted octanol–water partition coefficient (Wildman–Crippen LogP) is 0.971. The number of benzene rings is 1. The number of rotatable bonds is 3.